The fourth-order valence-corrected chi connectivity index (χ4v) is 5.31. The first-order valence-electron chi connectivity index (χ1n) is 12.5. The molecule has 1 aliphatic carbocycles. The summed E-state index contributed by atoms with van der Waals surface area (Å²) in [4.78, 5) is 21.5. The second-order valence-electron chi connectivity index (χ2n) is 9.92. The van der Waals surface area contributed by atoms with Gasteiger partial charge in [0.25, 0.3) is 0 Å². The van der Waals surface area contributed by atoms with Crippen molar-refractivity contribution in [2.45, 2.75) is 58.0 Å². The molecule has 1 saturated carbocycles. The normalized spacial score (nSPS) is 22.5. The van der Waals surface area contributed by atoms with Crippen LogP contribution in [0.3, 0.4) is 0 Å². The Morgan fingerprint density at radius 1 is 1.09 bits per heavy atom. The number of nitrogens with zero attached hydrogens (tertiary/aromatic N) is 4. The number of aromatic carboxylic acids is 1. The van der Waals surface area contributed by atoms with Crippen molar-refractivity contribution in [3.63, 3.8) is 0 Å². The van der Waals surface area contributed by atoms with Crippen molar-refractivity contribution in [2.75, 3.05) is 65.3 Å². The van der Waals surface area contributed by atoms with Gasteiger partial charge in [0, 0.05) is 49.5 Å². The van der Waals surface area contributed by atoms with Crippen LogP contribution in [0.2, 0.25) is 0 Å². The van der Waals surface area contributed by atoms with Gasteiger partial charge in [-0.2, -0.15) is 0 Å². The van der Waals surface area contributed by atoms with E-state index < -0.39 is 5.97 Å². The van der Waals surface area contributed by atoms with Crippen molar-refractivity contribution in [1.29, 1.82) is 0 Å². The fourth-order valence-electron chi connectivity index (χ4n) is 5.31. The van der Waals surface area contributed by atoms with Crippen LogP contribution >= 0.6 is 0 Å². The first-order valence-corrected chi connectivity index (χ1v) is 12.5. The van der Waals surface area contributed by atoms with Crippen molar-refractivity contribution in [2.24, 2.45) is 0 Å². The molecule has 6 heteroatoms. The highest BCUT2D eigenvalue weighted by Crippen LogP contribution is 2.33. The Bertz CT molecular complexity index is 865. The Morgan fingerprint density at radius 2 is 1.79 bits per heavy atom. The number of anilines is 1. The van der Waals surface area contributed by atoms with Crippen LogP contribution in [0.5, 0.6) is 0 Å². The van der Waals surface area contributed by atoms with E-state index in [9.17, 15) is 9.90 Å². The number of hydrogen-bond acceptors (Lipinski definition) is 5. The highest BCUT2D eigenvalue weighted by atomic mass is 16.4. The first-order chi connectivity index (χ1) is 15.8. The Hall–Kier alpha value is -2.07. The van der Waals surface area contributed by atoms with Gasteiger partial charge in [-0.15, -0.1) is 0 Å². The summed E-state index contributed by atoms with van der Waals surface area (Å²) in [5.41, 5.74) is 3.06. The summed E-state index contributed by atoms with van der Waals surface area (Å²) in [6.45, 7) is 10.0. The summed E-state index contributed by atoms with van der Waals surface area (Å²) in [5.74, 6) is 5.74. The SMILES string of the molecule is CCN(c1cc(C#CCN2CCCN(C)CC2)cc(C(=O)O)c1C)C1CCC(N(C)C)CC1. The fraction of sp³-hybridized carbons (Fsp3) is 0.667. The van der Waals surface area contributed by atoms with E-state index in [0.717, 1.165) is 75.3 Å². The van der Waals surface area contributed by atoms with E-state index in [1.165, 1.54) is 12.8 Å². The van der Waals surface area contributed by atoms with Crippen molar-refractivity contribution < 1.29 is 9.90 Å². The molecule has 0 amide bonds. The predicted molar refractivity (Wildman–Crippen MR) is 136 cm³/mol. The topological polar surface area (TPSA) is 50.3 Å². The summed E-state index contributed by atoms with van der Waals surface area (Å²) in [6.07, 6.45) is 5.81. The summed E-state index contributed by atoms with van der Waals surface area (Å²) < 4.78 is 0. The molecule has 1 heterocycles. The lowest BCUT2D eigenvalue weighted by Gasteiger charge is -2.40. The van der Waals surface area contributed by atoms with Gasteiger partial charge in [0.2, 0.25) is 0 Å². The Morgan fingerprint density at radius 3 is 2.42 bits per heavy atom. The first kappa shape index (κ1) is 25.6. The molecule has 0 unspecified atom stereocenters. The smallest absolute Gasteiger partial charge is 0.336 e. The van der Waals surface area contributed by atoms with Crippen molar-refractivity contribution >= 4 is 11.7 Å². The monoisotopic (exact) mass is 454 g/mol. The van der Waals surface area contributed by atoms with Gasteiger partial charge in [-0.1, -0.05) is 11.8 Å². The number of carbonyl (C=O) groups is 1. The van der Waals surface area contributed by atoms with Gasteiger partial charge in [-0.3, -0.25) is 4.90 Å². The quantitative estimate of drug-likeness (QED) is 0.665. The lowest BCUT2D eigenvalue weighted by atomic mass is 9.88. The molecule has 33 heavy (non-hydrogen) atoms. The third kappa shape index (κ3) is 6.72. The lowest BCUT2D eigenvalue weighted by Crippen LogP contribution is -2.42. The molecule has 1 N–H and O–H groups in total. The molecule has 0 bridgehead atoms. The van der Waals surface area contributed by atoms with Crippen LogP contribution in [-0.4, -0.2) is 98.3 Å². The molecule has 1 aliphatic heterocycles. The van der Waals surface area contributed by atoms with Gasteiger partial charge in [-0.25, -0.2) is 4.79 Å². The van der Waals surface area contributed by atoms with Gasteiger partial charge in [0.05, 0.1) is 12.1 Å². The average Bonchev–Trinajstić information content (AvgIpc) is 3.00. The van der Waals surface area contributed by atoms with E-state index in [-0.39, 0.29) is 0 Å². The standard InChI is InChI=1S/C27H42N4O2/c1-6-31(24-12-10-23(11-13-24)28(3)4)26-20-22(19-25(21(26)2)27(32)33)9-7-15-30-16-8-14-29(5)17-18-30/h19-20,23-24H,6,8,10-18H2,1-5H3,(H,32,33). The van der Waals surface area contributed by atoms with E-state index in [1.807, 2.05) is 6.92 Å². The van der Waals surface area contributed by atoms with Gasteiger partial charge >= 0.3 is 5.97 Å². The molecular formula is C27H42N4O2. The van der Waals surface area contributed by atoms with Crippen LogP contribution in [-0.2, 0) is 0 Å². The zero-order chi connectivity index (χ0) is 24.0. The minimum Gasteiger partial charge on any atom is -0.478 e. The van der Waals surface area contributed by atoms with Crippen LogP contribution in [0, 0.1) is 18.8 Å². The zero-order valence-corrected chi connectivity index (χ0v) is 21.2. The summed E-state index contributed by atoms with van der Waals surface area (Å²) in [5, 5.41) is 9.88. The molecular weight excluding hydrogens is 412 g/mol. The molecule has 2 aliphatic rings. The van der Waals surface area contributed by atoms with E-state index in [2.05, 4.69) is 65.6 Å². The molecule has 0 spiro atoms. The van der Waals surface area contributed by atoms with Crippen LogP contribution in [0.15, 0.2) is 12.1 Å². The number of benzene rings is 1. The molecule has 182 valence electrons. The van der Waals surface area contributed by atoms with E-state index in [1.54, 1.807) is 6.07 Å². The maximum absolute atomic E-state index is 12.0. The van der Waals surface area contributed by atoms with Crippen LogP contribution in [0.25, 0.3) is 0 Å². The largest absolute Gasteiger partial charge is 0.478 e. The molecule has 0 aromatic heterocycles. The van der Waals surface area contributed by atoms with E-state index >= 15 is 0 Å². The number of rotatable bonds is 6. The average molecular weight is 455 g/mol. The van der Waals surface area contributed by atoms with E-state index in [0.29, 0.717) is 17.6 Å². The van der Waals surface area contributed by atoms with Crippen LogP contribution in [0.1, 0.15) is 60.5 Å². The van der Waals surface area contributed by atoms with Crippen LogP contribution in [0.4, 0.5) is 5.69 Å². The molecule has 1 saturated heterocycles. The minimum atomic E-state index is -0.875. The highest BCUT2D eigenvalue weighted by molar-refractivity contribution is 5.92. The maximum atomic E-state index is 12.0. The molecule has 1 aromatic carbocycles. The zero-order valence-electron chi connectivity index (χ0n) is 21.2. The Labute approximate surface area is 200 Å². The van der Waals surface area contributed by atoms with Crippen molar-refractivity contribution in [1.82, 2.24) is 14.7 Å². The summed E-state index contributed by atoms with van der Waals surface area (Å²) >= 11 is 0. The number of likely N-dealkylation sites (N-methyl/N-ethyl adjacent to an activating group) is 1. The molecule has 6 nitrogen and oxygen atoms in total. The molecule has 0 radical (unpaired) electrons. The van der Waals surface area contributed by atoms with Gasteiger partial charge in [-0.05, 0) is 91.3 Å². The lowest BCUT2D eigenvalue weighted by molar-refractivity contribution is 0.0696. The number of hydrogen-bond donors (Lipinski definition) is 1. The number of carboxylic acid groups (broad SMARTS) is 1. The van der Waals surface area contributed by atoms with E-state index in [4.69, 9.17) is 0 Å². The van der Waals surface area contributed by atoms with Crippen LogP contribution < -0.4 is 4.90 Å². The maximum Gasteiger partial charge on any atom is 0.336 e. The predicted octanol–water partition coefficient (Wildman–Crippen LogP) is 3.38. The summed E-state index contributed by atoms with van der Waals surface area (Å²) in [6, 6.07) is 4.96. The minimum absolute atomic E-state index is 0.369. The van der Waals surface area contributed by atoms with Crippen molar-refractivity contribution in [3.05, 3.63) is 28.8 Å². The van der Waals surface area contributed by atoms with Gasteiger partial charge < -0.3 is 19.8 Å². The van der Waals surface area contributed by atoms with Gasteiger partial charge in [0.15, 0.2) is 0 Å². The molecule has 1 aromatic rings. The summed E-state index contributed by atoms with van der Waals surface area (Å²) in [7, 11) is 6.50. The molecule has 2 fully saturated rings. The second kappa shape index (κ2) is 11.9. The highest BCUT2D eigenvalue weighted by Gasteiger charge is 2.28. The Kier molecular flexibility index (Phi) is 9.19. The second-order valence-corrected chi connectivity index (χ2v) is 9.92. The number of carboxylic acids is 1. The third-order valence-electron chi connectivity index (χ3n) is 7.45. The Balaban J connectivity index is 1.81. The molecule has 0 atom stereocenters. The van der Waals surface area contributed by atoms with Crippen molar-refractivity contribution in [3.8, 4) is 11.8 Å². The third-order valence-corrected chi connectivity index (χ3v) is 7.45. The van der Waals surface area contributed by atoms with Gasteiger partial charge in [0.1, 0.15) is 0 Å². The molecule has 3 rings (SSSR count).